The van der Waals surface area contributed by atoms with Crippen molar-refractivity contribution in [3.63, 3.8) is 0 Å². The zero-order valence-electron chi connectivity index (χ0n) is 11.2. The highest BCUT2D eigenvalue weighted by Gasteiger charge is 2.09. The molecule has 3 aromatic rings. The summed E-state index contributed by atoms with van der Waals surface area (Å²) in [5.74, 6) is -0.434. The fourth-order valence-corrected chi connectivity index (χ4v) is 2.13. The van der Waals surface area contributed by atoms with Crippen LogP contribution in [0.15, 0.2) is 66.7 Å². The molecule has 0 bridgehead atoms. The van der Waals surface area contributed by atoms with Crippen LogP contribution in [0.25, 0.3) is 10.8 Å². The third-order valence-electron chi connectivity index (χ3n) is 3.22. The Morgan fingerprint density at radius 1 is 0.857 bits per heavy atom. The third kappa shape index (κ3) is 2.79. The summed E-state index contributed by atoms with van der Waals surface area (Å²) in [6.45, 7) is 0. The van der Waals surface area contributed by atoms with E-state index in [0.717, 1.165) is 16.5 Å². The lowest BCUT2D eigenvalue weighted by Gasteiger charge is -2.10. The van der Waals surface area contributed by atoms with Crippen molar-refractivity contribution in [2.75, 3.05) is 5.43 Å². The van der Waals surface area contributed by atoms with Gasteiger partial charge >= 0.3 is 0 Å². The standard InChI is InChI=1S/C17H14N2O2/c20-16-8-4-3-7-15(16)17(21)19-18-14-10-9-12-5-1-2-6-13(12)11-14/h1-11,18,20H,(H,19,21). The van der Waals surface area contributed by atoms with Crippen LogP contribution in [0.2, 0.25) is 0 Å². The summed E-state index contributed by atoms with van der Waals surface area (Å²) in [5, 5.41) is 11.8. The Bertz CT molecular complexity index is 799. The number of hydrogen-bond donors (Lipinski definition) is 3. The highest BCUT2D eigenvalue weighted by atomic mass is 16.3. The first-order valence-corrected chi connectivity index (χ1v) is 6.57. The molecule has 0 saturated heterocycles. The van der Waals surface area contributed by atoms with Crippen LogP contribution in [0.3, 0.4) is 0 Å². The Balaban J connectivity index is 1.74. The molecule has 0 atom stereocenters. The van der Waals surface area contributed by atoms with Crippen LogP contribution in [-0.4, -0.2) is 11.0 Å². The molecule has 0 saturated carbocycles. The Morgan fingerprint density at radius 2 is 1.57 bits per heavy atom. The number of amides is 1. The van der Waals surface area contributed by atoms with Crippen LogP contribution in [0, 0.1) is 0 Å². The van der Waals surface area contributed by atoms with Crippen LogP contribution in [-0.2, 0) is 0 Å². The van der Waals surface area contributed by atoms with Gasteiger partial charge < -0.3 is 5.11 Å². The van der Waals surface area contributed by atoms with Crippen molar-refractivity contribution in [3.05, 3.63) is 72.3 Å². The number of nitrogens with one attached hydrogen (secondary N) is 2. The zero-order valence-corrected chi connectivity index (χ0v) is 11.2. The number of para-hydroxylation sites is 1. The molecule has 0 aliphatic heterocycles. The van der Waals surface area contributed by atoms with Crippen LogP contribution in [0.4, 0.5) is 5.69 Å². The van der Waals surface area contributed by atoms with Crippen molar-refractivity contribution < 1.29 is 9.90 Å². The molecule has 0 fully saturated rings. The van der Waals surface area contributed by atoms with Gasteiger partial charge in [-0.25, -0.2) is 0 Å². The first-order chi connectivity index (χ1) is 10.2. The van der Waals surface area contributed by atoms with Crippen molar-refractivity contribution in [2.45, 2.75) is 0 Å². The lowest BCUT2D eigenvalue weighted by atomic mass is 10.1. The average Bonchev–Trinajstić information content (AvgIpc) is 2.53. The molecule has 0 spiro atoms. The summed E-state index contributed by atoms with van der Waals surface area (Å²) in [7, 11) is 0. The number of carbonyl (C=O) groups is 1. The lowest BCUT2D eigenvalue weighted by molar-refractivity contribution is 0.0960. The second-order valence-corrected chi connectivity index (χ2v) is 4.66. The van der Waals surface area contributed by atoms with E-state index in [1.54, 1.807) is 18.2 Å². The van der Waals surface area contributed by atoms with Gasteiger partial charge in [0.05, 0.1) is 11.3 Å². The van der Waals surface area contributed by atoms with Gasteiger partial charge in [-0.2, -0.15) is 0 Å². The first kappa shape index (κ1) is 13.0. The number of rotatable bonds is 3. The molecular weight excluding hydrogens is 264 g/mol. The first-order valence-electron chi connectivity index (χ1n) is 6.57. The number of anilines is 1. The van der Waals surface area contributed by atoms with E-state index in [-0.39, 0.29) is 17.2 Å². The Morgan fingerprint density at radius 3 is 2.38 bits per heavy atom. The van der Waals surface area contributed by atoms with Gasteiger partial charge in [0.2, 0.25) is 0 Å². The number of hydrazine groups is 1. The van der Waals surface area contributed by atoms with E-state index in [9.17, 15) is 9.90 Å². The maximum absolute atomic E-state index is 12.0. The molecule has 104 valence electrons. The van der Waals surface area contributed by atoms with Gasteiger partial charge in [0, 0.05) is 0 Å². The minimum atomic E-state index is -0.388. The van der Waals surface area contributed by atoms with Crippen molar-refractivity contribution in [3.8, 4) is 5.75 Å². The summed E-state index contributed by atoms with van der Waals surface area (Å²) in [6, 6.07) is 20.2. The van der Waals surface area contributed by atoms with E-state index in [1.165, 1.54) is 6.07 Å². The van der Waals surface area contributed by atoms with E-state index < -0.39 is 0 Å². The Hall–Kier alpha value is -3.01. The van der Waals surface area contributed by atoms with Crippen molar-refractivity contribution in [2.24, 2.45) is 0 Å². The predicted octanol–water partition coefficient (Wildman–Crippen LogP) is 3.30. The van der Waals surface area contributed by atoms with E-state index in [0.29, 0.717) is 0 Å². The van der Waals surface area contributed by atoms with Gasteiger partial charge in [0.25, 0.3) is 5.91 Å². The van der Waals surface area contributed by atoms with Crippen LogP contribution >= 0.6 is 0 Å². The monoisotopic (exact) mass is 278 g/mol. The molecule has 0 heterocycles. The van der Waals surface area contributed by atoms with Gasteiger partial charge in [-0.15, -0.1) is 0 Å². The number of phenols is 1. The van der Waals surface area contributed by atoms with Gasteiger partial charge in [-0.3, -0.25) is 15.6 Å². The second kappa shape index (κ2) is 5.54. The molecule has 0 aliphatic rings. The van der Waals surface area contributed by atoms with Gasteiger partial charge in [-0.1, -0.05) is 42.5 Å². The highest BCUT2D eigenvalue weighted by Crippen LogP contribution is 2.19. The molecule has 0 unspecified atom stereocenters. The van der Waals surface area contributed by atoms with Crippen LogP contribution < -0.4 is 10.9 Å². The molecule has 3 N–H and O–H groups in total. The summed E-state index contributed by atoms with van der Waals surface area (Å²) < 4.78 is 0. The molecule has 1 amide bonds. The summed E-state index contributed by atoms with van der Waals surface area (Å²) in [4.78, 5) is 12.0. The van der Waals surface area contributed by atoms with E-state index in [2.05, 4.69) is 10.9 Å². The molecule has 21 heavy (non-hydrogen) atoms. The maximum atomic E-state index is 12.0. The molecule has 0 radical (unpaired) electrons. The lowest BCUT2D eigenvalue weighted by Crippen LogP contribution is -2.29. The predicted molar refractivity (Wildman–Crippen MR) is 83.1 cm³/mol. The van der Waals surface area contributed by atoms with E-state index in [4.69, 9.17) is 0 Å². The third-order valence-corrected chi connectivity index (χ3v) is 3.22. The largest absolute Gasteiger partial charge is 0.507 e. The number of aromatic hydroxyl groups is 1. The zero-order chi connectivity index (χ0) is 14.7. The second-order valence-electron chi connectivity index (χ2n) is 4.66. The molecule has 3 rings (SSSR count). The number of phenolic OH excluding ortho intramolecular Hbond substituents is 1. The van der Waals surface area contributed by atoms with Crippen molar-refractivity contribution in [1.29, 1.82) is 0 Å². The van der Waals surface area contributed by atoms with E-state index >= 15 is 0 Å². The fraction of sp³-hybridized carbons (Fsp3) is 0. The van der Waals surface area contributed by atoms with Gasteiger partial charge in [0.15, 0.2) is 0 Å². The number of fused-ring (bicyclic) bond motifs is 1. The van der Waals surface area contributed by atoms with Gasteiger partial charge in [-0.05, 0) is 35.0 Å². The SMILES string of the molecule is O=C(NNc1ccc2ccccc2c1)c1ccccc1O. The normalized spacial score (nSPS) is 10.3. The quantitative estimate of drug-likeness (QED) is 0.644. The average molecular weight is 278 g/mol. The van der Waals surface area contributed by atoms with Crippen LogP contribution in [0.5, 0.6) is 5.75 Å². The molecule has 0 aromatic heterocycles. The summed E-state index contributed by atoms with van der Waals surface area (Å²) in [6.07, 6.45) is 0. The fourth-order valence-electron chi connectivity index (χ4n) is 2.13. The summed E-state index contributed by atoms with van der Waals surface area (Å²) in [5.41, 5.74) is 6.43. The molecule has 0 aliphatic carbocycles. The smallest absolute Gasteiger partial charge is 0.273 e. The maximum Gasteiger partial charge on any atom is 0.273 e. The Kier molecular flexibility index (Phi) is 3.43. The van der Waals surface area contributed by atoms with Crippen molar-refractivity contribution in [1.82, 2.24) is 5.43 Å². The number of carbonyl (C=O) groups excluding carboxylic acids is 1. The minimum Gasteiger partial charge on any atom is -0.507 e. The minimum absolute atomic E-state index is 0.0460. The molecule has 4 nitrogen and oxygen atoms in total. The summed E-state index contributed by atoms with van der Waals surface area (Å²) >= 11 is 0. The Labute approximate surface area is 122 Å². The molecule has 3 aromatic carbocycles. The van der Waals surface area contributed by atoms with Crippen LogP contribution in [0.1, 0.15) is 10.4 Å². The van der Waals surface area contributed by atoms with Gasteiger partial charge in [0.1, 0.15) is 5.75 Å². The van der Waals surface area contributed by atoms with Crippen molar-refractivity contribution >= 4 is 22.4 Å². The molecule has 4 heteroatoms. The topological polar surface area (TPSA) is 61.4 Å². The molecular formula is C17H14N2O2. The highest BCUT2D eigenvalue weighted by molar-refractivity contribution is 5.97. The number of benzene rings is 3. The number of hydrogen-bond acceptors (Lipinski definition) is 3. The van der Waals surface area contributed by atoms with E-state index in [1.807, 2.05) is 42.5 Å².